The van der Waals surface area contributed by atoms with E-state index >= 15 is 0 Å². The van der Waals surface area contributed by atoms with Gasteiger partial charge in [0, 0.05) is 60.2 Å². The molecule has 3 heterocycles. The van der Waals surface area contributed by atoms with E-state index in [2.05, 4.69) is 30.9 Å². The smallest absolute Gasteiger partial charge is 0.297 e. The first-order chi connectivity index (χ1) is 21.1. The topological polar surface area (TPSA) is 103 Å². The normalized spacial score (nSPS) is 15.4. The number of fused-ring (bicyclic) bond motifs is 1. The first kappa shape index (κ1) is 28.8. The number of thiazole rings is 1. The van der Waals surface area contributed by atoms with E-state index in [9.17, 15) is 14.9 Å². The van der Waals surface area contributed by atoms with E-state index in [-0.39, 0.29) is 16.7 Å². The van der Waals surface area contributed by atoms with Gasteiger partial charge in [0.15, 0.2) is 5.69 Å². The van der Waals surface area contributed by atoms with Crippen LogP contribution in [0.3, 0.4) is 0 Å². The summed E-state index contributed by atoms with van der Waals surface area (Å²) in [5.41, 5.74) is 5.85. The molecule has 44 heavy (non-hydrogen) atoms. The van der Waals surface area contributed by atoms with Crippen molar-refractivity contribution in [3.05, 3.63) is 133 Å². The number of nitro benzene ring substituents is 1. The number of aromatic nitrogens is 3. The Labute approximate surface area is 257 Å². The van der Waals surface area contributed by atoms with Crippen molar-refractivity contribution in [1.82, 2.24) is 14.0 Å². The molecule has 0 saturated carbocycles. The molecule has 5 aromatic rings. The third-order valence-electron chi connectivity index (χ3n) is 8.12. The molecular formula is C33H31N7O3S. The minimum absolute atomic E-state index is 0.0263. The fourth-order valence-electron chi connectivity index (χ4n) is 5.72. The van der Waals surface area contributed by atoms with Gasteiger partial charge >= 0.3 is 0 Å². The predicted octanol–water partition coefficient (Wildman–Crippen LogP) is 6.30. The van der Waals surface area contributed by atoms with Gasteiger partial charge in [0.2, 0.25) is 4.80 Å². The molecule has 0 N–H and O–H groups in total. The summed E-state index contributed by atoms with van der Waals surface area (Å²) in [5, 5.41) is 18.2. The highest BCUT2D eigenvalue weighted by Crippen LogP contribution is 2.46. The molecule has 11 heteroatoms. The minimum atomic E-state index is -0.422. The maximum atomic E-state index is 13.6. The maximum absolute atomic E-state index is 13.6. The SMILES string of the molecule is Cc1c(N=c2scc(-c3cccc([N+](=O)[O-])c3)n2N=CC=C2N(C)c3ccccc3C2(C)C)c(=O)n(-c2ccccc2)n1C. The summed E-state index contributed by atoms with van der Waals surface area (Å²) in [6.07, 6.45) is 3.69. The molecule has 0 bridgehead atoms. The van der Waals surface area contributed by atoms with Gasteiger partial charge in [-0.1, -0.05) is 62.4 Å². The lowest BCUT2D eigenvalue weighted by Crippen LogP contribution is -2.23. The zero-order chi connectivity index (χ0) is 31.2. The molecule has 6 rings (SSSR count). The summed E-state index contributed by atoms with van der Waals surface area (Å²) in [5.74, 6) is 0. The predicted molar refractivity (Wildman–Crippen MR) is 175 cm³/mol. The Kier molecular flexibility index (Phi) is 7.26. The number of likely N-dealkylation sites (N-methyl/N-ethyl adjacent to an activating group) is 1. The first-order valence-corrected chi connectivity index (χ1v) is 14.9. The molecule has 222 valence electrons. The van der Waals surface area contributed by atoms with Crippen molar-refractivity contribution < 1.29 is 4.92 Å². The van der Waals surface area contributed by atoms with Crippen LogP contribution in [-0.4, -0.2) is 32.2 Å². The molecule has 0 radical (unpaired) electrons. The quantitative estimate of drug-likeness (QED) is 0.129. The maximum Gasteiger partial charge on any atom is 0.297 e. The average molecular weight is 606 g/mol. The molecule has 0 aliphatic carbocycles. The van der Waals surface area contributed by atoms with Gasteiger partial charge in [-0.2, -0.15) is 5.10 Å². The van der Waals surface area contributed by atoms with Crippen molar-refractivity contribution in [3.63, 3.8) is 0 Å². The number of non-ortho nitro benzene ring substituents is 1. The first-order valence-electron chi connectivity index (χ1n) is 14.0. The van der Waals surface area contributed by atoms with Crippen LogP contribution in [0, 0.1) is 17.0 Å². The Morgan fingerprint density at radius 3 is 2.43 bits per heavy atom. The van der Waals surface area contributed by atoms with Crippen molar-refractivity contribution in [2.24, 2.45) is 17.1 Å². The summed E-state index contributed by atoms with van der Waals surface area (Å²) >= 11 is 1.31. The van der Waals surface area contributed by atoms with Crippen LogP contribution in [0.15, 0.2) is 111 Å². The van der Waals surface area contributed by atoms with Crippen molar-refractivity contribution >= 4 is 34.6 Å². The van der Waals surface area contributed by atoms with Crippen LogP contribution in [0.1, 0.15) is 25.1 Å². The number of rotatable bonds is 6. The van der Waals surface area contributed by atoms with Gasteiger partial charge in [-0.15, -0.1) is 11.3 Å². The van der Waals surface area contributed by atoms with Gasteiger partial charge in [0.1, 0.15) is 0 Å². The molecule has 0 amide bonds. The third-order valence-corrected chi connectivity index (χ3v) is 8.94. The van der Waals surface area contributed by atoms with Gasteiger partial charge in [0.25, 0.3) is 11.2 Å². The second-order valence-corrected chi connectivity index (χ2v) is 11.9. The van der Waals surface area contributed by atoms with E-state index in [1.807, 2.05) is 74.9 Å². The molecule has 1 aliphatic rings. The van der Waals surface area contributed by atoms with Crippen LogP contribution in [0.4, 0.5) is 17.1 Å². The summed E-state index contributed by atoms with van der Waals surface area (Å²) in [6.45, 7) is 6.21. The Morgan fingerprint density at radius 1 is 0.977 bits per heavy atom. The number of allylic oxidation sites excluding steroid dienone is 2. The average Bonchev–Trinajstić information content (AvgIpc) is 3.58. The van der Waals surface area contributed by atoms with Crippen LogP contribution in [0.5, 0.6) is 0 Å². The van der Waals surface area contributed by atoms with Crippen LogP contribution >= 0.6 is 11.3 Å². The minimum Gasteiger partial charge on any atom is -0.347 e. The molecule has 2 aromatic heterocycles. The van der Waals surface area contributed by atoms with Crippen LogP contribution in [0.25, 0.3) is 16.9 Å². The summed E-state index contributed by atoms with van der Waals surface area (Å²) < 4.78 is 4.99. The molecule has 10 nitrogen and oxygen atoms in total. The fourth-order valence-corrected chi connectivity index (χ4v) is 6.56. The van der Waals surface area contributed by atoms with Crippen LogP contribution in [-0.2, 0) is 12.5 Å². The van der Waals surface area contributed by atoms with Gasteiger partial charge in [-0.25, -0.2) is 14.4 Å². The lowest BCUT2D eigenvalue weighted by atomic mass is 9.84. The van der Waals surface area contributed by atoms with Crippen molar-refractivity contribution in [2.45, 2.75) is 26.2 Å². The van der Waals surface area contributed by atoms with Gasteiger partial charge in [0.05, 0.1) is 22.0 Å². The van der Waals surface area contributed by atoms with Gasteiger partial charge in [-0.05, 0) is 36.8 Å². The molecule has 0 fully saturated rings. The third kappa shape index (κ3) is 4.80. The van der Waals surface area contributed by atoms with E-state index < -0.39 is 4.92 Å². The molecule has 0 spiro atoms. The van der Waals surface area contributed by atoms with E-state index in [0.717, 1.165) is 17.1 Å². The van der Waals surface area contributed by atoms with Crippen LogP contribution in [0.2, 0.25) is 0 Å². The van der Waals surface area contributed by atoms with Gasteiger partial charge in [-0.3, -0.25) is 19.6 Å². The van der Waals surface area contributed by atoms with E-state index in [1.165, 1.54) is 29.0 Å². The highest BCUT2D eigenvalue weighted by molar-refractivity contribution is 7.07. The highest BCUT2D eigenvalue weighted by Gasteiger charge is 2.37. The Hall–Kier alpha value is -5.29. The molecule has 1 aliphatic heterocycles. The van der Waals surface area contributed by atoms with Crippen molar-refractivity contribution in [1.29, 1.82) is 0 Å². The largest absolute Gasteiger partial charge is 0.347 e. The van der Waals surface area contributed by atoms with Crippen molar-refractivity contribution in [2.75, 3.05) is 11.9 Å². The molecule has 0 saturated heterocycles. The highest BCUT2D eigenvalue weighted by atomic mass is 32.1. The number of anilines is 1. The molecule has 3 aromatic carbocycles. The molecule has 0 unspecified atom stereocenters. The van der Waals surface area contributed by atoms with Crippen LogP contribution < -0.4 is 15.3 Å². The zero-order valence-electron chi connectivity index (χ0n) is 25.0. The summed E-state index contributed by atoms with van der Waals surface area (Å²) in [4.78, 5) is 32.2. The summed E-state index contributed by atoms with van der Waals surface area (Å²) in [6, 6.07) is 24.1. The lowest BCUT2D eigenvalue weighted by molar-refractivity contribution is -0.384. The van der Waals surface area contributed by atoms with E-state index in [4.69, 9.17) is 10.1 Å². The number of para-hydroxylation sites is 2. The van der Waals surface area contributed by atoms with E-state index in [0.29, 0.717) is 27.4 Å². The van der Waals surface area contributed by atoms with Crippen molar-refractivity contribution in [3.8, 4) is 16.9 Å². The second-order valence-electron chi connectivity index (χ2n) is 11.1. The standard InChI is InChI=1S/C33H31N7O3S/c1-22-30(31(41)39(37(22)5)24-13-7-6-8-14-24)35-32-38(28(21-44-32)23-12-11-15-25(20-23)40(42)43)34-19-18-29-33(2,3)26-16-9-10-17-27(26)36(29)4/h6-21H,1-5H3. The number of benzene rings is 3. The van der Waals surface area contributed by atoms with E-state index in [1.54, 1.807) is 32.4 Å². The Bertz CT molecular complexity index is 2100. The Balaban J connectivity index is 1.51. The fraction of sp³-hybridized carbons (Fsp3) is 0.182. The molecular weight excluding hydrogens is 574 g/mol. The second kappa shape index (κ2) is 11.1. The van der Waals surface area contributed by atoms with Gasteiger partial charge < -0.3 is 4.90 Å². The number of hydrogen-bond acceptors (Lipinski definition) is 7. The Morgan fingerprint density at radius 2 is 1.70 bits per heavy atom. The zero-order valence-corrected chi connectivity index (χ0v) is 25.8. The summed E-state index contributed by atoms with van der Waals surface area (Å²) in [7, 11) is 3.86. The lowest BCUT2D eigenvalue weighted by Gasteiger charge is -2.23. The number of hydrogen-bond donors (Lipinski definition) is 0. The monoisotopic (exact) mass is 605 g/mol. The number of nitrogens with zero attached hydrogens (tertiary/aromatic N) is 7. The number of nitro groups is 1. The molecule has 0 atom stereocenters.